The van der Waals surface area contributed by atoms with Crippen molar-refractivity contribution in [3.63, 3.8) is 0 Å². The van der Waals surface area contributed by atoms with Gasteiger partial charge in [0.15, 0.2) is 6.10 Å². The molecule has 4 nitrogen and oxygen atoms in total. The molecule has 0 heterocycles. The second-order valence-corrected chi connectivity index (χ2v) is 4.77. The van der Waals surface area contributed by atoms with Crippen molar-refractivity contribution in [3.8, 4) is 11.5 Å². The third-order valence-electron chi connectivity index (χ3n) is 3.17. The van der Waals surface area contributed by atoms with E-state index < -0.39 is 12.1 Å². The fourth-order valence-electron chi connectivity index (χ4n) is 2.03. The van der Waals surface area contributed by atoms with Crippen molar-refractivity contribution in [3.05, 3.63) is 59.7 Å². The zero-order valence-corrected chi connectivity index (χ0v) is 12.1. The van der Waals surface area contributed by atoms with E-state index >= 15 is 0 Å². The van der Waals surface area contributed by atoms with E-state index in [1.165, 1.54) is 0 Å². The maximum absolute atomic E-state index is 11.4. The van der Waals surface area contributed by atoms with Crippen LogP contribution in [0.4, 0.5) is 0 Å². The third-order valence-corrected chi connectivity index (χ3v) is 3.17. The highest BCUT2D eigenvalue weighted by Crippen LogP contribution is 2.21. The first-order valence-electron chi connectivity index (χ1n) is 6.68. The molecular formula is C17H18O4. The summed E-state index contributed by atoms with van der Waals surface area (Å²) >= 11 is 0. The Morgan fingerprint density at radius 1 is 1.14 bits per heavy atom. The molecule has 0 spiro atoms. The van der Waals surface area contributed by atoms with Crippen LogP contribution >= 0.6 is 0 Å². The summed E-state index contributed by atoms with van der Waals surface area (Å²) in [6.45, 7) is 1.97. The highest BCUT2D eigenvalue weighted by molar-refractivity contribution is 5.73. The molecule has 0 unspecified atom stereocenters. The smallest absolute Gasteiger partial charge is 0.345 e. The molecule has 2 rings (SSSR count). The maximum Gasteiger partial charge on any atom is 0.345 e. The van der Waals surface area contributed by atoms with Crippen LogP contribution in [0.5, 0.6) is 11.5 Å². The predicted molar refractivity (Wildman–Crippen MR) is 79.9 cm³/mol. The van der Waals surface area contributed by atoms with Crippen molar-refractivity contribution in [1.82, 2.24) is 0 Å². The number of hydrogen-bond donors (Lipinski definition) is 1. The number of ether oxygens (including phenoxy) is 2. The predicted octanol–water partition coefficient (Wildman–Crippen LogP) is 3.08. The van der Waals surface area contributed by atoms with Crippen LogP contribution in [0.2, 0.25) is 0 Å². The average molecular weight is 286 g/mol. The van der Waals surface area contributed by atoms with E-state index in [1.54, 1.807) is 25.3 Å². The second kappa shape index (κ2) is 6.79. The summed E-state index contributed by atoms with van der Waals surface area (Å²) in [6, 6.07) is 14.7. The zero-order chi connectivity index (χ0) is 15.2. The van der Waals surface area contributed by atoms with E-state index in [-0.39, 0.29) is 6.42 Å². The van der Waals surface area contributed by atoms with Gasteiger partial charge in [-0.3, -0.25) is 0 Å². The van der Waals surface area contributed by atoms with E-state index in [4.69, 9.17) is 9.47 Å². The molecule has 0 saturated carbocycles. The van der Waals surface area contributed by atoms with Gasteiger partial charge in [0.05, 0.1) is 7.11 Å². The quantitative estimate of drug-likeness (QED) is 0.886. The molecule has 0 bridgehead atoms. The molecule has 0 saturated heterocycles. The Bertz CT molecular complexity index is 604. The lowest BCUT2D eigenvalue weighted by Gasteiger charge is -2.17. The molecule has 4 heteroatoms. The van der Waals surface area contributed by atoms with Gasteiger partial charge in [-0.05, 0) is 30.7 Å². The first-order chi connectivity index (χ1) is 10.1. The number of para-hydroxylation sites is 1. The molecule has 0 radical (unpaired) electrons. The van der Waals surface area contributed by atoms with Gasteiger partial charge in [0, 0.05) is 6.42 Å². The maximum atomic E-state index is 11.4. The van der Waals surface area contributed by atoms with Gasteiger partial charge in [0.1, 0.15) is 11.5 Å². The van der Waals surface area contributed by atoms with E-state index in [1.807, 2.05) is 37.3 Å². The molecule has 0 aliphatic heterocycles. The van der Waals surface area contributed by atoms with E-state index in [0.29, 0.717) is 11.5 Å². The minimum absolute atomic E-state index is 0.243. The third kappa shape index (κ3) is 3.99. The van der Waals surface area contributed by atoms with Crippen molar-refractivity contribution in [2.24, 2.45) is 0 Å². The number of carbonyl (C=O) groups is 1. The van der Waals surface area contributed by atoms with Crippen LogP contribution < -0.4 is 9.47 Å². The molecule has 0 fully saturated rings. The number of aryl methyl sites for hydroxylation is 1. The first-order valence-corrected chi connectivity index (χ1v) is 6.68. The van der Waals surface area contributed by atoms with Crippen molar-refractivity contribution < 1.29 is 19.4 Å². The summed E-state index contributed by atoms with van der Waals surface area (Å²) in [5.41, 5.74) is 1.90. The Morgan fingerprint density at radius 3 is 2.43 bits per heavy atom. The van der Waals surface area contributed by atoms with Crippen LogP contribution in [-0.2, 0) is 11.2 Å². The molecule has 2 aromatic carbocycles. The van der Waals surface area contributed by atoms with E-state index in [2.05, 4.69) is 0 Å². The van der Waals surface area contributed by atoms with Gasteiger partial charge in [-0.1, -0.05) is 35.9 Å². The van der Waals surface area contributed by atoms with E-state index in [9.17, 15) is 9.90 Å². The first kappa shape index (κ1) is 14.9. The van der Waals surface area contributed by atoms with Crippen molar-refractivity contribution >= 4 is 5.97 Å². The van der Waals surface area contributed by atoms with Crippen molar-refractivity contribution in [2.45, 2.75) is 19.4 Å². The fourth-order valence-corrected chi connectivity index (χ4v) is 2.03. The summed E-state index contributed by atoms with van der Waals surface area (Å²) < 4.78 is 10.8. The van der Waals surface area contributed by atoms with Gasteiger partial charge in [0.25, 0.3) is 0 Å². The Hall–Kier alpha value is -2.49. The molecule has 110 valence electrons. The highest BCUT2D eigenvalue weighted by atomic mass is 16.5. The largest absolute Gasteiger partial charge is 0.496 e. The van der Waals surface area contributed by atoms with Gasteiger partial charge in [-0.15, -0.1) is 0 Å². The number of rotatable bonds is 6. The van der Waals surface area contributed by atoms with Crippen molar-refractivity contribution in [2.75, 3.05) is 7.11 Å². The minimum atomic E-state index is -0.999. The van der Waals surface area contributed by atoms with E-state index in [0.717, 1.165) is 11.1 Å². The van der Waals surface area contributed by atoms with Crippen LogP contribution in [0.15, 0.2) is 48.5 Å². The Labute approximate surface area is 123 Å². The molecule has 0 aliphatic rings. The minimum Gasteiger partial charge on any atom is -0.496 e. The number of carboxylic acid groups (broad SMARTS) is 1. The van der Waals surface area contributed by atoms with Crippen LogP contribution in [0.1, 0.15) is 11.1 Å². The summed E-state index contributed by atoms with van der Waals surface area (Å²) in [7, 11) is 1.56. The monoisotopic (exact) mass is 286 g/mol. The molecule has 2 aromatic rings. The molecule has 0 amide bonds. The van der Waals surface area contributed by atoms with Gasteiger partial charge in [-0.2, -0.15) is 0 Å². The lowest BCUT2D eigenvalue weighted by atomic mass is 10.1. The Kier molecular flexibility index (Phi) is 4.82. The van der Waals surface area contributed by atoms with Gasteiger partial charge in [0.2, 0.25) is 0 Å². The lowest BCUT2D eigenvalue weighted by Crippen LogP contribution is -2.29. The van der Waals surface area contributed by atoms with Crippen LogP contribution in [-0.4, -0.2) is 24.3 Å². The molecule has 1 N–H and O–H groups in total. The molecular weight excluding hydrogens is 268 g/mol. The van der Waals surface area contributed by atoms with Gasteiger partial charge >= 0.3 is 5.97 Å². The number of carboxylic acids is 1. The summed E-state index contributed by atoms with van der Waals surface area (Å²) in [5.74, 6) is 0.209. The number of aliphatic carboxylic acids is 1. The summed E-state index contributed by atoms with van der Waals surface area (Å²) in [5, 5.41) is 9.35. The Morgan fingerprint density at radius 2 is 1.81 bits per heavy atom. The zero-order valence-electron chi connectivity index (χ0n) is 12.1. The molecule has 1 atom stereocenters. The van der Waals surface area contributed by atoms with Gasteiger partial charge in [-0.25, -0.2) is 4.79 Å². The van der Waals surface area contributed by atoms with Gasteiger partial charge < -0.3 is 14.6 Å². The standard InChI is InChI=1S/C17H18O4/c1-12-7-9-14(10-8-12)21-16(17(18)19)11-13-5-3-4-6-15(13)20-2/h3-10,16H,11H2,1-2H3,(H,18,19)/t16-/m0/s1. The molecule has 0 aromatic heterocycles. The highest BCUT2D eigenvalue weighted by Gasteiger charge is 2.21. The SMILES string of the molecule is COc1ccccc1C[C@H](Oc1ccc(C)cc1)C(=O)O. The van der Waals surface area contributed by atoms with Crippen LogP contribution in [0.3, 0.4) is 0 Å². The second-order valence-electron chi connectivity index (χ2n) is 4.77. The molecule has 21 heavy (non-hydrogen) atoms. The summed E-state index contributed by atoms with van der Waals surface area (Å²) in [4.78, 5) is 11.4. The molecule has 0 aliphatic carbocycles. The number of hydrogen-bond acceptors (Lipinski definition) is 3. The fraction of sp³-hybridized carbons (Fsp3) is 0.235. The topological polar surface area (TPSA) is 55.8 Å². The average Bonchev–Trinajstić information content (AvgIpc) is 2.49. The van der Waals surface area contributed by atoms with Crippen LogP contribution in [0, 0.1) is 6.92 Å². The Balaban J connectivity index is 2.16. The normalized spacial score (nSPS) is 11.7. The number of benzene rings is 2. The van der Waals surface area contributed by atoms with Crippen molar-refractivity contribution in [1.29, 1.82) is 0 Å². The number of methoxy groups -OCH3 is 1. The lowest BCUT2D eigenvalue weighted by molar-refractivity contribution is -0.145. The summed E-state index contributed by atoms with van der Waals surface area (Å²) in [6.07, 6.45) is -0.711. The van der Waals surface area contributed by atoms with Crippen LogP contribution in [0.25, 0.3) is 0 Å².